The lowest BCUT2D eigenvalue weighted by atomic mass is 10.2. The number of hydrogen-bond acceptors (Lipinski definition) is 8. The van der Waals surface area contributed by atoms with Gasteiger partial charge in [0.2, 0.25) is 11.9 Å². The Hall–Kier alpha value is -2.48. The number of aromatic nitrogens is 4. The molecule has 2 N–H and O–H groups in total. The van der Waals surface area contributed by atoms with Gasteiger partial charge in [0.25, 0.3) is 0 Å². The molecule has 0 saturated carbocycles. The summed E-state index contributed by atoms with van der Waals surface area (Å²) >= 11 is 0. The lowest BCUT2D eigenvalue weighted by molar-refractivity contribution is 0.176. The van der Waals surface area contributed by atoms with Crippen LogP contribution in [0.4, 0.5) is 17.7 Å². The SMILES string of the molecule is Cc1cccc(N2CCN(Cc3nc(N)nc(N(C)C)n3)[C@H](C)C2)n1. The van der Waals surface area contributed by atoms with Gasteiger partial charge >= 0.3 is 0 Å². The average molecular weight is 342 g/mol. The minimum Gasteiger partial charge on any atom is -0.368 e. The van der Waals surface area contributed by atoms with Crippen molar-refractivity contribution in [2.24, 2.45) is 0 Å². The summed E-state index contributed by atoms with van der Waals surface area (Å²) in [4.78, 5) is 24.1. The zero-order chi connectivity index (χ0) is 18.0. The van der Waals surface area contributed by atoms with Crippen molar-refractivity contribution in [3.8, 4) is 0 Å². The van der Waals surface area contributed by atoms with Gasteiger partial charge in [-0.15, -0.1) is 0 Å². The Labute approximate surface area is 148 Å². The molecule has 1 aliphatic rings. The smallest absolute Gasteiger partial charge is 0.229 e. The van der Waals surface area contributed by atoms with Crippen LogP contribution < -0.4 is 15.5 Å². The maximum atomic E-state index is 5.83. The number of aryl methyl sites for hydroxylation is 1. The topological polar surface area (TPSA) is 87.3 Å². The van der Waals surface area contributed by atoms with Gasteiger partial charge in [0.05, 0.1) is 6.54 Å². The molecule has 1 aliphatic heterocycles. The van der Waals surface area contributed by atoms with Crippen LogP contribution in [-0.2, 0) is 6.54 Å². The molecule has 2 aromatic heterocycles. The van der Waals surface area contributed by atoms with Gasteiger partial charge in [0, 0.05) is 45.5 Å². The van der Waals surface area contributed by atoms with Crippen LogP contribution in [0, 0.1) is 6.92 Å². The highest BCUT2D eigenvalue weighted by atomic mass is 15.3. The lowest BCUT2D eigenvalue weighted by Crippen LogP contribution is -2.51. The first-order valence-corrected chi connectivity index (χ1v) is 8.53. The normalized spacial score (nSPS) is 18.4. The van der Waals surface area contributed by atoms with Crippen LogP contribution in [0.3, 0.4) is 0 Å². The molecule has 3 rings (SSSR count). The van der Waals surface area contributed by atoms with Gasteiger partial charge < -0.3 is 15.5 Å². The molecule has 1 fully saturated rings. The molecule has 3 heterocycles. The number of nitrogens with zero attached hydrogens (tertiary/aromatic N) is 7. The van der Waals surface area contributed by atoms with Crippen LogP contribution in [0.1, 0.15) is 18.4 Å². The Kier molecular flexibility index (Phi) is 4.98. The lowest BCUT2D eigenvalue weighted by Gasteiger charge is -2.40. The Balaban J connectivity index is 1.68. The van der Waals surface area contributed by atoms with Crippen LogP contribution in [-0.4, -0.2) is 64.6 Å². The van der Waals surface area contributed by atoms with Gasteiger partial charge in [-0.3, -0.25) is 4.90 Å². The van der Waals surface area contributed by atoms with Gasteiger partial charge in [0.15, 0.2) is 0 Å². The summed E-state index contributed by atoms with van der Waals surface area (Å²) < 4.78 is 0. The van der Waals surface area contributed by atoms with E-state index in [4.69, 9.17) is 5.73 Å². The van der Waals surface area contributed by atoms with E-state index in [-0.39, 0.29) is 5.95 Å². The summed E-state index contributed by atoms with van der Waals surface area (Å²) in [5, 5.41) is 0. The minimum atomic E-state index is 0.268. The van der Waals surface area contributed by atoms with Crippen LogP contribution in [0.25, 0.3) is 0 Å². The number of hydrogen-bond donors (Lipinski definition) is 1. The molecule has 0 spiro atoms. The van der Waals surface area contributed by atoms with E-state index >= 15 is 0 Å². The number of rotatable bonds is 4. The van der Waals surface area contributed by atoms with E-state index in [0.717, 1.165) is 31.1 Å². The maximum Gasteiger partial charge on any atom is 0.229 e. The van der Waals surface area contributed by atoms with Crippen LogP contribution in [0.2, 0.25) is 0 Å². The molecule has 0 bridgehead atoms. The summed E-state index contributed by atoms with van der Waals surface area (Å²) in [7, 11) is 3.80. The highest BCUT2D eigenvalue weighted by Crippen LogP contribution is 2.19. The number of anilines is 3. The molecule has 1 atom stereocenters. The Morgan fingerprint density at radius 2 is 1.96 bits per heavy atom. The fourth-order valence-electron chi connectivity index (χ4n) is 3.02. The molecule has 0 aromatic carbocycles. The highest BCUT2D eigenvalue weighted by Gasteiger charge is 2.25. The van der Waals surface area contributed by atoms with Crippen molar-refractivity contribution >= 4 is 17.7 Å². The van der Waals surface area contributed by atoms with E-state index in [1.807, 2.05) is 32.0 Å². The number of piperazine rings is 1. The summed E-state index contributed by atoms with van der Waals surface area (Å²) in [5.74, 6) is 2.62. The molecule has 0 radical (unpaired) electrons. The number of nitrogen functional groups attached to an aromatic ring is 1. The zero-order valence-electron chi connectivity index (χ0n) is 15.3. The van der Waals surface area contributed by atoms with Crippen molar-refractivity contribution in [1.29, 1.82) is 0 Å². The first kappa shape index (κ1) is 17.3. The standard InChI is InChI=1S/C17H26N8/c1-12-6-5-7-15(19-12)25-9-8-24(13(2)10-25)11-14-20-16(18)22-17(21-14)23(3)4/h5-7,13H,8-11H2,1-4H3,(H2,18,20,21,22)/t13-/m1/s1. The van der Waals surface area contributed by atoms with Crippen molar-refractivity contribution in [3.63, 3.8) is 0 Å². The summed E-state index contributed by atoms with van der Waals surface area (Å²) in [6, 6.07) is 6.53. The van der Waals surface area contributed by atoms with Gasteiger partial charge in [-0.05, 0) is 26.0 Å². The van der Waals surface area contributed by atoms with E-state index in [1.54, 1.807) is 0 Å². The first-order chi connectivity index (χ1) is 11.9. The monoisotopic (exact) mass is 342 g/mol. The van der Waals surface area contributed by atoms with Crippen molar-refractivity contribution in [3.05, 3.63) is 29.7 Å². The van der Waals surface area contributed by atoms with Gasteiger partial charge in [-0.2, -0.15) is 15.0 Å². The second kappa shape index (κ2) is 7.18. The van der Waals surface area contributed by atoms with Crippen LogP contribution in [0.5, 0.6) is 0 Å². The zero-order valence-corrected chi connectivity index (χ0v) is 15.3. The molecule has 25 heavy (non-hydrogen) atoms. The number of nitrogens with two attached hydrogens (primary N) is 1. The first-order valence-electron chi connectivity index (χ1n) is 8.53. The quantitative estimate of drug-likeness (QED) is 0.878. The van der Waals surface area contributed by atoms with Crippen LogP contribution in [0.15, 0.2) is 18.2 Å². The summed E-state index contributed by atoms with van der Waals surface area (Å²) in [5.41, 5.74) is 6.87. The molecule has 0 amide bonds. The van der Waals surface area contributed by atoms with Crippen LogP contribution >= 0.6 is 0 Å². The third kappa shape index (κ3) is 4.14. The van der Waals surface area contributed by atoms with E-state index in [2.05, 4.69) is 48.8 Å². The summed E-state index contributed by atoms with van der Waals surface area (Å²) in [6.45, 7) is 7.71. The Morgan fingerprint density at radius 1 is 1.16 bits per heavy atom. The largest absolute Gasteiger partial charge is 0.368 e. The van der Waals surface area contributed by atoms with Gasteiger partial charge in [0.1, 0.15) is 11.6 Å². The van der Waals surface area contributed by atoms with Crippen molar-refractivity contribution < 1.29 is 0 Å². The molecular formula is C17H26N8. The molecule has 8 heteroatoms. The van der Waals surface area contributed by atoms with Gasteiger partial charge in [-0.25, -0.2) is 4.98 Å². The predicted octanol–water partition coefficient (Wildman–Crippen LogP) is 0.934. The fraction of sp³-hybridized carbons (Fsp3) is 0.529. The van der Waals surface area contributed by atoms with E-state index in [1.165, 1.54) is 0 Å². The maximum absolute atomic E-state index is 5.83. The van der Waals surface area contributed by atoms with Gasteiger partial charge in [-0.1, -0.05) is 6.07 Å². The van der Waals surface area contributed by atoms with Crippen molar-refractivity contribution in [2.45, 2.75) is 26.4 Å². The second-order valence-electron chi connectivity index (χ2n) is 6.71. The number of pyridine rings is 1. The third-order valence-electron chi connectivity index (χ3n) is 4.39. The van der Waals surface area contributed by atoms with E-state index in [0.29, 0.717) is 24.4 Å². The van der Waals surface area contributed by atoms with Crippen molar-refractivity contribution in [2.75, 3.05) is 49.3 Å². The third-order valence-corrected chi connectivity index (χ3v) is 4.39. The van der Waals surface area contributed by atoms with E-state index < -0.39 is 0 Å². The molecular weight excluding hydrogens is 316 g/mol. The molecule has 8 nitrogen and oxygen atoms in total. The van der Waals surface area contributed by atoms with E-state index in [9.17, 15) is 0 Å². The Bertz CT molecular complexity index is 732. The predicted molar refractivity (Wildman–Crippen MR) is 99.6 cm³/mol. The second-order valence-corrected chi connectivity index (χ2v) is 6.71. The molecule has 1 saturated heterocycles. The average Bonchev–Trinajstić information content (AvgIpc) is 2.56. The summed E-state index contributed by atoms with van der Waals surface area (Å²) in [6.07, 6.45) is 0. The molecule has 134 valence electrons. The van der Waals surface area contributed by atoms with Crippen molar-refractivity contribution in [1.82, 2.24) is 24.8 Å². The minimum absolute atomic E-state index is 0.268. The Morgan fingerprint density at radius 3 is 2.64 bits per heavy atom. The highest BCUT2D eigenvalue weighted by molar-refractivity contribution is 5.40. The molecule has 2 aromatic rings. The fourth-order valence-corrected chi connectivity index (χ4v) is 3.02. The molecule has 0 unspecified atom stereocenters. The molecule has 0 aliphatic carbocycles.